The molecule has 1 atom stereocenters. The molecule has 0 aliphatic carbocycles. The average molecular weight is 493 g/mol. The van der Waals surface area contributed by atoms with Gasteiger partial charge in [0.15, 0.2) is 6.61 Å². The van der Waals surface area contributed by atoms with Crippen LogP contribution in [-0.2, 0) is 22.6 Å². The van der Waals surface area contributed by atoms with E-state index in [9.17, 15) is 9.59 Å². The Labute approximate surface area is 213 Å². The van der Waals surface area contributed by atoms with Crippen molar-refractivity contribution in [1.29, 1.82) is 0 Å². The van der Waals surface area contributed by atoms with Crippen LogP contribution >= 0.6 is 11.6 Å². The van der Waals surface area contributed by atoms with Crippen LogP contribution in [0, 0.1) is 13.8 Å². The molecule has 3 aromatic carbocycles. The second kappa shape index (κ2) is 12.4. The molecule has 0 aromatic heterocycles. The molecule has 3 aromatic rings. The first-order valence-electron chi connectivity index (χ1n) is 11.8. The Morgan fingerprint density at radius 1 is 0.914 bits per heavy atom. The van der Waals surface area contributed by atoms with Gasteiger partial charge in [0.25, 0.3) is 5.91 Å². The summed E-state index contributed by atoms with van der Waals surface area (Å²) in [6.45, 7) is 7.84. The summed E-state index contributed by atoms with van der Waals surface area (Å²) in [5, 5.41) is 3.56. The Hall–Kier alpha value is -3.31. The summed E-state index contributed by atoms with van der Waals surface area (Å²) in [5.74, 6) is 0.152. The standard InChI is InChI=1S/C29H33ClN2O3/c1-20(2)31-29(34)27(17-23-9-6-5-7-10-23)32(18-24-11-8-12-25(30)16-24)28(33)19-35-26-14-21(3)13-22(4)15-26/h5-16,20,27H,17-19H2,1-4H3,(H,31,34). The number of rotatable bonds is 10. The minimum atomic E-state index is -0.714. The highest BCUT2D eigenvalue weighted by Crippen LogP contribution is 2.20. The number of halogens is 1. The van der Waals surface area contributed by atoms with Crippen LogP contribution in [0.15, 0.2) is 72.8 Å². The van der Waals surface area contributed by atoms with Gasteiger partial charge in [0.1, 0.15) is 11.8 Å². The predicted molar refractivity (Wildman–Crippen MR) is 141 cm³/mol. The lowest BCUT2D eigenvalue weighted by Gasteiger charge is -2.32. The van der Waals surface area contributed by atoms with Crippen molar-refractivity contribution in [1.82, 2.24) is 10.2 Å². The molecule has 2 amide bonds. The topological polar surface area (TPSA) is 58.6 Å². The van der Waals surface area contributed by atoms with Gasteiger partial charge in [0.05, 0.1) is 0 Å². The van der Waals surface area contributed by atoms with Gasteiger partial charge in [-0.15, -0.1) is 0 Å². The van der Waals surface area contributed by atoms with Gasteiger partial charge in [-0.25, -0.2) is 0 Å². The van der Waals surface area contributed by atoms with E-state index in [-0.39, 0.29) is 31.0 Å². The van der Waals surface area contributed by atoms with Crippen LogP contribution in [0.1, 0.15) is 36.1 Å². The molecule has 1 N–H and O–H groups in total. The molecule has 0 aliphatic rings. The zero-order valence-electron chi connectivity index (χ0n) is 20.8. The first-order valence-corrected chi connectivity index (χ1v) is 12.2. The lowest BCUT2D eigenvalue weighted by molar-refractivity contribution is -0.143. The maximum absolute atomic E-state index is 13.6. The smallest absolute Gasteiger partial charge is 0.261 e. The van der Waals surface area contributed by atoms with E-state index in [0.717, 1.165) is 22.3 Å². The zero-order chi connectivity index (χ0) is 25.4. The Kier molecular flexibility index (Phi) is 9.32. The molecule has 0 radical (unpaired) electrons. The normalized spacial score (nSPS) is 11.7. The van der Waals surface area contributed by atoms with E-state index >= 15 is 0 Å². The fourth-order valence-corrected chi connectivity index (χ4v) is 4.22. The highest BCUT2D eigenvalue weighted by atomic mass is 35.5. The lowest BCUT2D eigenvalue weighted by Crippen LogP contribution is -2.52. The zero-order valence-corrected chi connectivity index (χ0v) is 21.5. The van der Waals surface area contributed by atoms with E-state index in [1.807, 2.05) is 94.4 Å². The van der Waals surface area contributed by atoms with Gasteiger partial charge in [-0.05, 0) is 74.2 Å². The van der Waals surface area contributed by atoms with Crippen molar-refractivity contribution in [2.75, 3.05) is 6.61 Å². The SMILES string of the molecule is Cc1cc(C)cc(OCC(=O)N(Cc2cccc(Cl)c2)C(Cc2ccccc2)C(=O)NC(C)C)c1. The van der Waals surface area contributed by atoms with Crippen LogP contribution < -0.4 is 10.1 Å². The van der Waals surface area contributed by atoms with Crippen LogP contribution in [0.2, 0.25) is 5.02 Å². The number of ether oxygens (including phenoxy) is 1. The van der Waals surface area contributed by atoms with Crippen LogP contribution in [0.3, 0.4) is 0 Å². The minimum Gasteiger partial charge on any atom is -0.484 e. The molecule has 0 heterocycles. The van der Waals surface area contributed by atoms with Gasteiger partial charge in [-0.3, -0.25) is 9.59 Å². The van der Waals surface area contributed by atoms with Gasteiger partial charge >= 0.3 is 0 Å². The largest absolute Gasteiger partial charge is 0.484 e. The Morgan fingerprint density at radius 3 is 2.20 bits per heavy atom. The molecule has 0 spiro atoms. The second-order valence-electron chi connectivity index (χ2n) is 9.13. The fourth-order valence-electron chi connectivity index (χ4n) is 4.01. The number of benzene rings is 3. The van der Waals surface area contributed by atoms with E-state index in [1.54, 1.807) is 11.0 Å². The highest BCUT2D eigenvalue weighted by molar-refractivity contribution is 6.30. The van der Waals surface area contributed by atoms with E-state index in [4.69, 9.17) is 16.3 Å². The maximum Gasteiger partial charge on any atom is 0.261 e. The van der Waals surface area contributed by atoms with Gasteiger partial charge in [0.2, 0.25) is 5.91 Å². The number of carbonyl (C=O) groups is 2. The van der Waals surface area contributed by atoms with Crippen molar-refractivity contribution in [3.8, 4) is 5.75 Å². The average Bonchev–Trinajstić information content (AvgIpc) is 2.79. The first kappa shape index (κ1) is 26.3. The number of hydrogen-bond donors (Lipinski definition) is 1. The van der Waals surface area contributed by atoms with Crippen LogP contribution in [0.25, 0.3) is 0 Å². The Bertz CT molecular complexity index is 1130. The molecule has 0 fully saturated rings. The molecule has 0 aliphatic heterocycles. The number of hydrogen-bond acceptors (Lipinski definition) is 3. The van der Waals surface area contributed by atoms with Crippen molar-refractivity contribution in [3.05, 3.63) is 100 Å². The van der Waals surface area contributed by atoms with E-state index in [0.29, 0.717) is 17.2 Å². The summed E-state index contributed by atoms with van der Waals surface area (Å²) < 4.78 is 5.88. The number of nitrogens with zero attached hydrogens (tertiary/aromatic N) is 1. The summed E-state index contributed by atoms with van der Waals surface area (Å²) in [5.41, 5.74) is 3.92. The van der Waals surface area contributed by atoms with Gasteiger partial charge in [0, 0.05) is 24.0 Å². The van der Waals surface area contributed by atoms with Gasteiger partial charge in [-0.2, -0.15) is 0 Å². The maximum atomic E-state index is 13.6. The molecule has 0 saturated carbocycles. The highest BCUT2D eigenvalue weighted by Gasteiger charge is 2.31. The summed E-state index contributed by atoms with van der Waals surface area (Å²) in [7, 11) is 0. The predicted octanol–water partition coefficient (Wildman–Crippen LogP) is 5.50. The minimum absolute atomic E-state index is 0.0598. The van der Waals surface area contributed by atoms with E-state index in [1.165, 1.54) is 0 Å². The second-order valence-corrected chi connectivity index (χ2v) is 9.57. The molecule has 0 saturated heterocycles. The summed E-state index contributed by atoms with van der Waals surface area (Å²) in [6.07, 6.45) is 0.384. The van der Waals surface area contributed by atoms with Crippen molar-refractivity contribution in [2.45, 2.75) is 52.7 Å². The first-order chi connectivity index (χ1) is 16.7. The molecule has 184 valence electrons. The van der Waals surface area contributed by atoms with Crippen LogP contribution in [0.4, 0.5) is 0 Å². The fraction of sp³-hybridized carbons (Fsp3) is 0.310. The van der Waals surface area contributed by atoms with Crippen LogP contribution in [0.5, 0.6) is 5.75 Å². The van der Waals surface area contributed by atoms with Crippen molar-refractivity contribution < 1.29 is 14.3 Å². The third-order valence-corrected chi connectivity index (χ3v) is 5.74. The number of amides is 2. The number of carbonyl (C=O) groups excluding carboxylic acids is 2. The summed E-state index contributed by atoms with van der Waals surface area (Å²) in [4.78, 5) is 28.5. The molecule has 5 nitrogen and oxygen atoms in total. The molecule has 35 heavy (non-hydrogen) atoms. The van der Waals surface area contributed by atoms with E-state index in [2.05, 4.69) is 5.32 Å². The van der Waals surface area contributed by atoms with Crippen molar-refractivity contribution in [3.63, 3.8) is 0 Å². The lowest BCUT2D eigenvalue weighted by atomic mass is 10.0. The third kappa shape index (κ3) is 8.15. The van der Waals surface area contributed by atoms with Crippen molar-refractivity contribution in [2.24, 2.45) is 0 Å². The Morgan fingerprint density at radius 2 is 1.57 bits per heavy atom. The molecule has 3 rings (SSSR count). The molecular weight excluding hydrogens is 460 g/mol. The molecule has 1 unspecified atom stereocenters. The van der Waals surface area contributed by atoms with Gasteiger partial charge in [-0.1, -0.05) is 60.1 Å². The number of aryl methyl sites for hydroxylation is 2. The molecular formula is C29H33ClN2O3. The van der Waals surface area contributed by atoms with Crippen molar-refractivity contribution >= 4 is 23.4 Å². The molecule has 0 bridgehead atoms. The number of nitrogens with one attached hydrogen (secondary N) is 1. The summed E-state index contributed by atoms with van der Waals surface area (Å²) >= 11 is 6.21. The third-order valence-electron chi connectivity index (χ3n) is 5.50. The monoisotopic (exact) mass is 492 g/mol. The van der Waals surface area contributed by atoms with Crippen LogP contribution in [-0.4, -0.2) is 35.4 Å². The summed E-state index contributed by atoms with van der Waals surface area (Å²) in [6, 6.07) is 22.1. The van der Waals surface area contributed by atoms with Gasteiger partial charge < -0.3 is 15.0 Å². The molecule has 6 heteroatoms. The quantitative estimate of drug-likeness (QED) is 0.406. The van der Waals surface area contributed by atoms with E-state index < -0.39 is 6.04 Å². The Balaban J connectivity index is 1.92.